The van der Waals surface area contributed by atoms with Gasteiger partial charge in [-0.15, -0.1) is 0 Å². The van der Waals surface area contributed by atoms with Gasteiger partial charge in [0.2, 0.25) is 0 Å². The molecule has 0 saturated heterocycles. The number of aromatic nitrogens is 2. The fraction of sp³-hybridized carbons (Fsp3) is 0.167. The maximum absolute atomic E-state index is 12.5. The summed E-state index contributed by atoms with van der Waals surface area (Å²) < 4.78 is 6.38. The number of carbonyl (C=O) groups is 1. The Balaban J connectivity index is 1.90. The number of esters is 1. The van der Waals surface area contributed by atoms with Gasteiger partial charge in [0.15, 0.2) is 0 Å². The molecule has 0 fully saturated rings. The van der Waals surface area contributed by atoms with E-state index in [0.717, 1.165) is 15.6 Å². The molecule has 2 aromatic carbocycles. The van der Waals surface area contributed by atoms with Crippen LogP contribution in [-0.4, -0.2) is 15.7 Å². The number of rotatable bonds is 3. The van der Waals surface area contributed by atoms with Gasteiger partial charge in [-0.3, -0.25) is 4.79 Å². The molecule has 0 N–H and O–H groups in total. The monoisotopic (exact) mass is 342 g/mol. The molecule has 3 rings (SSSR count). The molecular formula is C18H15ClN2O3. The summed E-state index contributed by atoms with van der Waals surface area (Å²) in [7, 11) is 0. The summed E-state index contributed by atoms with van der Waals surface area (Å²) >= 11 is 6.02. The standard InChI is InChI=1S/C18H15ClN2O3/c1-11-7-8-15(19)16(9-11)24-17(22)10-21-18(23)14-6-4-3-5-13(14)12(2)20-21/h3-9H,10H2,1-2H3. The highest BCUT2D eigenvalue weighted by atomic mass is 35.5. The molecule has 6 heteroatoms. The summed E-state index contributed by atoms with van der Waals surface area (Å²) in [5.74, 6) is -0.334. The zero-order valence-electron chi connectivity index (χ0n) is 13.2. The Bertz CT molecular complexity index is 995. The van der Waals surface area contributed by atoms with E-state index in [2.05, 4.69) is 5.10 Å². The molecule has 3 aromatic rings. The number of halogens is 1. The Hall–Kier alpha value is -2.66. The van der Waals surface area contributed by atoms with Crippen molar-refractivity contribution in [2.45, 2.75) is 20.4 Å². The number of ether oxygens (including phenoxy) is 1. The van der Waals surface area contributed by atoms with Gasteiger partial charge in [-0.05, 0) is 37.6 Å². The minimum absolute atomic E-state index is 0.271. The Kier molecular flexibility index (Phi) is 4.36. The van der Waals surface area contributed by atoms with Gasteiger partial charge in [-0.25, -0.2) is 9.48 Å². The van der Waals surface area contributed by atoms with Gasteiger partial charge >= 0.3 is 5.97 Å². The van der Waals surface area contributed by atoms with Crippen molar-refractivity contribution in [1.29, 1.82) is 0 Å². The third-order valence-electron chi connectivity index (χ3n) is 3.64. The van der Waals surface area contributed by atoms with Crippen LogP contribution >= 0.6 is 11.6 Å². The van der Waals surface area contributed by atoms with Crippen molar-refractivity contribution in [3.8, 4) is 5.75 Å². The predicted octanol–water partition coefficient (Wildman–Crippen LogP) is 3.27. The summed E-state index contributed by atoms with van der Waals surface area (Å²) in [6, 6.07) is 12.3. The van der Waals surface area contributed by atoms with Crippen molar-refractivity contribution in [3.05, 3.63) is 69.1 Å². The number of hydrogen-bond acceptors (Lipinski definition) is 4. The molecule has 122 valence electrons. The van der Waals surface area contributed by atoms with Crippen molar-refractivity contribution in [3.63, 3.8) is 0 Å². The normalized spacial score (nSPS) is 10.8. The largest absolute Gasteiger partial charge is 0.424 e. The number of benzene rings is 2. The molecule has 0 aliphatic heterocycles. The lowest BCUT2D eigenvalue weighted by atomic mass is 10.1. The third-order valence-corrected chi connectivity index (χ3v) is 3.95. The molecule has 24 heavy (non-hydrogen) atoms. The number of hydrogen-bond donors (Lipinski definition) is 0. The lowest BCUT2D eigenvalue weighted by Gasteiger charge is -2.10. The molecular weight excluding hydrogens is 328 g/mol. The van der Waals surface area contributed by atoms with Gasteiger partial charge in [0.1, 0.15) is 12.3 Å². The van der Waals surface area contributed by atoms with Gasteiger partial charge in [0.25, 0.3) is 5.56 Å². The van der Waals surface area contributed by atoms with Crippen LogP contribution in [0.4, 0.5) is 0 Å². The summed E-state index contributed by atoms with van der Waals surface area (Å²) in [5, 5.41) is 5.82. The molecule has 0 aliphatic carbocycles. The molecule has 1 aromatic heterocycles. The van der Waals surface area contributed by atoms with Crippen molar-refractivity contribution in [2.75, 3.05) is 0 Å². The van der Waals surface area contributed by atoms with Crippen molar-refractivity contribution in [2.24, 2.45) is 0 Å². The van der Waals surface area contributed by atoms with Gasteiger partial charge in [-0.1, -0.05) is 35.9 Å². The van der Waals surface area contributed by atoms with Crippen LogP contribution < -0.4 is 10.3 Å². The first-order valence-electron chi connectivity index (χ1n) is 7.39. The Morgan fingerprint density at radius 1 is 1.17 bits per heavy atom. The molecule has 0 bridgehead atoms. The fourth-order valence-corrected chi connectivity index (χ4v) is 2.63. The second kappa shape index (κ2) is 6.45. The SMILES string of the molecule is Cc1ccc(Cl)c(OC(=O)Cn2nc(C)c3ccccc3c2=O)c1. The van der Waals surface area contributed by atoms with Crippen LogP contribution in [0.5, 0.6) is 5.75 Å². The minimum atomic E-state index is -0.605. The summed E-state index contributed by atoms with van der Waals surface area (Å²) in [5.41, 5.74) is 1.26. The second-order valence-electron chi connectivity index (χ2n) is 5.50. The summed E-state index contributed by atoms with van der Waals surface area (Å²) in [6.45, 7) is 3.38. The number of nitrogens with zero attached hydrogens (tertiary/aromatic N) is 2. The lowest BCUT2D eigenvalue weighted by molar-refractivity contribution is -0.135. The average Bonchev–Trinajstić information content (AvgIpc) is 2.56. The van der Waals surface area contributed by atoms with Crippen LogP contribution in [0.2, 0.25) is 5.02 Å². The third kappa shape index (κ3) is 3.16. The van der Waals surface area contributed by atoms with Crippen LogP contribution in [0.1, 0.15) is 11.3 Å². The first-order valence-corrected chi connectivity index (χ1v) is 7.77. The lowest BCUT2D eigenvalue weighted by Crippen LogP contribution is -2.29. The van der Waals surface area contributed by atoms with Crippen molar-refractivity contribution in [1.82, 2.24) is 9.78 Å². The van der Waals surface area contributed by atoms with Crippen LogP contribution in [0.3, 0.4) is 0 Å². The van der Waals surface area contributed by atoms with E-state index in [1.807, 2.05) is 25.1 Å². The van der Waals surface area contributed by atoms with Crippen molar-refractivity contribution >= 4 is 28.3 Å². The van der Waals surface area contributed by atoms with E-state index in [0.29, 0.717) is 16.1 Å². The first kappa shape index (κ1) is 16.2. The highest BCUT2D eigenvalue weighted by Crippen LogP contribution is 2.25. The van der Waals surface area contributed by atoms with E-state index >= 15 is 0 Å². The van der Waals surface area contributed by atoms with Gasteiger partial charge in [0, 0.05) is 5.39 Å². The zero-order valence-corrected chi connectivity index (χ0v) is 14.0. The summed E-state index contributed by atoms with van der Waals surface area (Å²) in [6.07, 6.45) is 0. The molecule has 0 aliphatic rings. The van der Waals surface area contributed by atoms with E-state index in [9.17, 15) is 9.59 Å². The smallest absolute Gasteiger partial charge is 0.333 e. The molecule has 0 atom stereocenters. The summed E-state index contributed by atoms with van der Waals surface area (Å²) in [4.78, 5) is 24.6. The molecule has 0 radical (unpaired) electrons. The minimum Gasteiger partial charge on any atom is -0.424 e. The first-order chi connectivity index (χ1) is 11.5. The maximum atomic E-state index is 12.5. The number of carbonyl (C=O) groups excluding carboxylic acids is 1. The Morgan fingerprint density at radius 2 is 1.88 bits per heavy atom. The molecule has 0 saturated carbocycles. The van der Waals surface area contributed by atoms with Crippen LogP contribution in [-0.2, 0) is 11.3 Å². The molecule has 5 nitrogen and oxygen atoms in total. The highest BCUT2D eigenvalue weighted by molar-refractivity contribution is 6.32. The fourth-order valence-electron chi connectivity index (χ4n) is 2.48. The highest BCUT2D eigenvalue weighted by Gasteiger charge is 2.13. The number of aryl methyl sites for hydroxylation is 2. The molecule has 0 spiro atoms. The topological polar surface area (TPSA) is 61.2 Å². The van der Waals surface area contributed by atoms with Gasteiger partial charge < -0.3 is 4.74 Å². The molecule has 1 heterocycles. The molecule has 0 unspecified atom stereocenters. The van der Waals surface area contributed by atoms with E-state index < -0.39 is 5.97 Å². The quantitative estimate of drug-likeness (QED) is 0.541. The van der Waals surface area contributed by atoms with E-state index in [-0.39, 0.29) is 17.9 Å². The van der Waals surface area contributed by atoms with Crippen LogP contribution in [0.15, 0.2) is 47.3 Å². The van der Waals surface area contributed by atoms with Crippen LogP contribution in [0.25, 0.3) is 10.8 Å². The second-order valence-corrected chi connectivity index (χ2v) is 5.91. The Labute approximate surface area is 143 Å². The Morgan fingerprint density at radius 3 is 2.62 bits per heavy atom. The average molecular weight is 343 g/mol. The van der Waals surface area contributed by atoms with Crippen LogP contribution in [0, 0.1) is 13.8 Å². The van der Waals surface area contributed by atoms with E-state index in [1.54, 1.807) is 31.2 Å². The van der Waals surface area contributed by atoms with E-state index in [4.69, 9.17) is 16.3 Å². The van der Waals surface area contributed by atoms with Gasteiger partial charge in [-0.2, -0.15) is 5.10 Å². The zero-order chi connectivity index (χ0) is 17.3. The number of fused-ring (bicyclic) bond motifs is 1. The van der Waals surface area contributed by atoms with Gasteiger partial charge in [0.05, 0.1) is 16.1 Å². The van der Waals surface area contributed by atoms with E-state index in [1.165, 1.54) is 0 Å². The molecule has 0 amide bonds. The maximum Gasteiger partial charge on any atom is 0.333 e. The van der Waals surface area contributed by atoms with Crippen molar-refractivity contribution < 1.29 is 9.53 Å². The predicted molar refractivity (Wildman–Crippen MR) is 92.6 cm³/mol.